The van der Waals surface area contributed by atoms with Crippen LogP contribution in [0.1, 0.15) is 57.5 Å². The minimum Gasteiger partial charge on any atom is -0.279 e. The van der Waals surface area contributed by atoms with Gasteiger partial charge in [0, 0.05) is 28.4 Å². The van der Waals surface area contributed by atoms with Gasteiger partial charge in [0.2, 0.25) is 0 Å². The van der Waals surface area contributed by atoms with E-state index < -0.39 is 6.04 Å². The molecule has 0 aliphatic carbocycles. The van der Waals surface area contributed by atoms with Crippen molar-refractivity contribution in [3.05, 3.63) is 118 Å². The zero-order valence-electron chi connectivity index (χ0n) is 24.2. The first kappa shape index (κ1) is 28.0. The van der Waals surface area contributed by atoms with Gasteiger partial charge in [0.25, 0.3) is 5.56 Å². The molecule has 0 fully saturated rings. The number of aromatic nitrogens is 3. The van der Waals surface area contributed by atoms with Crippen molar-refractivity contribution in [1.29, 1.82) is 0 Å². The second-order valence-corrected chi connectivity index (χ2v) is 10.9. The molecule has 0 N–H and O–H groups in total. The van der Waals surface area contributed by atoms with Gasteiger partial charge in [-0.05, 0) is 80.0 Å². The summed E-state index contributed by atoms with van der Waals surface area (Å²) in [6.07, 6.45) is 2.38. The number of para-hydroxylation sites is 1. The molecule has 6 heteroatoms. The molecule has 0 bridgehead atoms. The van der Waals surface area contributed by atoms with E-state index in [1.807, 2.05) is 98.2 Å². The van der Waals surface area contributed by atoms with Crippen molar-refractivity contribution in [2.75, 3.05) is 0 Å². The van der Waals surface area contributed by atoms with E-state index in [-0.39, 0.29) is 11.4 Å². The Bertz CT molecular complexity index is 1830. The highest BCUT2D eigenvalue weighted by molar-refractivity contribution is 5.85. The highest BCUT2D eigenvalue weighted by Gasteiger charge is 2.26. The van der Waals surface area contributed by atoms with Gasteiger partial charge < -0.3 is 0 Å². The molecule has 0 aliphatic heterocycles. The van der Waals surface area contributed by atoms with Crippen LogP contribution in [0.5, 0.6) is 0 Å². The van der Waals surface area contributed by atoms with Crippen LogP contribution in [-0.4, -0.2) is 20.6 Å². The van der Waals surface area contributed by atoms with Crippen LogP contribution in [0.2, 0.25) is 0 Å². The third-order valence-electron chi connectivity index (χ3n) is 7.28. The molecule has 2 aromatic heterocycles. The number of fused-ring (bicyclic) bond motifs is 1. The number of halogens is 1. The molecule has 0 saturated carbocycles. The molecule has 0 saturated heterocycles. The lowest BCUT2D eigenvalue weighted by atomic mass is 9.98. The molecule has 0 radical (unpaired) electrons. The number of benzene rings is 3. The van der Waals surface area contributed by atoms with Crippen molar-refractivity contribution in [3.8, 4) is 16.9 Å². The van der Waals surface area contributed by atoms with Crippen LogP contribution < -0.4 is 5.56 Å². The average molecular weight is 547 g/mol. The molecule has 1 atom stereocenters. The lowest BCUT2D eigenvalue weighted by Crippen LogP contribution is -2.25. The van der Waals surface area contributed by atoms with Gasteiger partial charge in [-0.25, -0.2) is 14.1 Å². The first-order valence-corrected chi connectivity index (χ1v) is 14.0. The quantitative estimate of drug-likeness (QED) is 0.183. The summed E-state index contributed by atoms with van der Waals surface area (Å²) in [4.78, 5) is 18.6. The molecule has 5 rings (SSSR count). The largest absolute Gasteiger partial charge is 0.279 e. The lowest BCUT2D eigenvalue weighted by Gasteiger charge is -2.21. The van der Waals surface area contributed by atoms with Crippen LogP contribution >= 0.6 is 0 Å². The van der Waals surface area contributed by atoms with Crippen LogP contribution in [0.3, 0.4) is 0 Å². The molecular formula is C35H35FN4O. The van der Waals surface area contributed by atoms with Crippen molar-refractivity contribution in [2.24, 2.45) is 10.9 Å². The third kappa shape index (κ3) is 5.30. The van der Waals surface area contributed by atoms with Crippen molar-refractivity contribution in [1.82, 2.24) is 14.3 Å². The fourth-order valence-electron chi connectivity index (χ4n) is 5.39. The van der Waals surface area contributed by atoms with Crippen molar-refractivity contribution in [3.63, 3.8) is 0 Å². The molecule has 1 unspecified atom stereocenters. The maximum atomic E-state index is 15.2. The second-order valence-electron chi connectivity index (χ2n) is 10.9. The van der Waals surface area contributed by atoms with E-state index in [2.05, 4.69) is 20.4 Å². The first-order valence-electron chi connectivity index (χ1n) is 14.0. The summed E-state index contributed by atoms with van der Waals surface area (Å²) < 4.78 is 18.8. The summed E-state index contributed by atoms with van der Waals surface area (Å²) in [5.41, 5.74) is 4.88. The summed E-state index contributed by atoms with van der Waals surface area (Å²) in [6, 6.07) is 24.2. The van der Waals surface area contributed by atoms with E-state index in [4.69, 9.17) is 10.1 Å². The Kier molecular flexibility index (Phi) is 7.84. The number of rotatable bonds is 8. The van der Waals surface area contributed by atoms with E-state index in [0.717, 1.165) is 27.9 Å². The Morgan fingerprint density at radius 3 is 2.39 bits per heavy atom. The zero-order chi connectivity index (χ0) is 29.3. The Morgan fingerprint density at radius 2 is 1.73 bits per heavy atom. The molecule has 0 amide bonds. The standard InChI is InChI=1S/C35H35FN4O/c1-7-37-34-32(23(4)5)33(27-18-17-26(19-22(2)3)30(36)20-27)38-40(34)24(6)31-21-25-13-11-12-16-29(25)35(41)39(31)28-14-9-8-10-15-28/h7-18,20-22,24H,4,19H2,1-3,5-6H3. The van der Waals surface area contributed by atoms with Gasteiger partial charge in [0.05, 0.1) is 11.7 Å². The minimum atomic E-state index is -0.400. The van der Waals surface area contributed by atoms with Gasteiger partial charge >= 0.3 is 0 Å². The summed E-state index contributed by atoms with van der Waals surface area (Å²) in [5.74, 6) is 0.699. The molecule has 2 heterocycles. The fourth-order valence-corrected chi connectivity index (χ4v) is 5.39. The summed E-state index contributed by atoms with van der Waals surface area (Å²) >= 11 is 0. The van der Waals surface area contributed by atoms with E-state index in [1.54, 1.807) is 16.8 Å². The zero-order valence-corrected chi connectivity index (χ0v) is 24.2. The maximum absolute atomic E-state index is 15.2. The monoisotopic (exact) mass is 546 g/mol. The summed E-state index contributed by atoms with van der Waals surface area (Å²) in [5, 5.41) is 6.52. The topological polar surface area (TPSA) is 52.2 Å². The highest BCUT2D eigenvalue weighted by Crippen LogP contribution is 2.39. The predicted octanol–water partition coefficient (Wildman–Crippen LogP) is 8.56. The molecular weight excluding hydrogens is 511 g/mol. The van der Waals surface area contributed by atoms with Gasteiger partial charge in [-0.1, -0.05) is 69.0 Å². The van der Waals surface area contributed by atoms with E-state index in [9.17, 15) is 4.79 Å². The normalized spacial score (nSPS) is 12.5. The van der Waals surface area contributed by atoms with Crippen LogP contribution in [0.15, 0.2) is 95.2 Å². The lowest BCUT2D eigenvalue weighted by molar-refractivity contribution is 0.544. The Balaban J connectivity index is 1.76. The van der Waals surface area contributed by atoms with E-state index >= 15 is 4.39 Å². The molecule has 41 heavy (non-hydrogen) atoms. The Hall–Kier alpha value is -4.58. The Labute approximate surface area is 240 Å². The van der Waals surface area contributed by atoms with E-state index in [0.29, 0.717) is 40.4 Å². The van der Waals surface area contributed by atoms with Crippen molar-refractivity contribution < 1.29 is 4.39 Å². The smallest absolute Gasteiger partial charge is 0.263 e. The number of allylic oxidation sites excluding steroid dienone is 1. The van der Waals surface area contributed by atoms with Crippen LogP contribution in [0.4, 0.5) is 10.2 Å². The number of hydrogen-bond acceptors (Lipinski definition) is 3. The molecule has 0 aliphatic rings. The van der Waals surface area contributed by atoms with Gasteiger partial charge in [-0.3, -0.25) is 9.36 Å². The first-order chi connectivity index (χ1) is 19.7. The van der Waals surface area contributed by atoms with Gasteiger partial charge in [-0.2, -0.15) is 5.10 Å². The number of pyridine rings is 1. The minimum absolute atomic E-state index is 0.105. The van der Waals surface area contributed by atoms with Crippen LogP contribution in [-0.2, 0) is 6.42 Å². The molecule has 5 nitrogen and oxygen atoms in total. The highest BCUT2D eigenvalue weighted by atomic mass is 19.1. The van der Waals surface area contributed by atoms with Crippen molar-refractivity contribution in [2.45, 2.75) is 47.1 Å². The third-order valence-corrected chi connectivity index (χ3v) is 7.28. The number of hydrogen-bond donors (Lipinski definition) is 0. The average Bonchev–Trinajstić information content (AvgIpc) is 3.33. The summed E-state index contributed by atoms with van der Waals surface area (Å²) in [7, 11) is 0. The molecule has 5 aromatic rings. The maximum Gasteiger partial charge on any atom is 0.263 e. The molecule has 0 spiro atoms. The number of aliphatic imine (C=N–C) groups is 1. The number of nitrogens with zero attached hydrogens (tertiary/aromatic N) is 4. The molecule has 3 aromatic carbocycles. The van der Waals surface area contributed by atoms with Crippen LogP contribution in [0, 0.1) is 11.7 Å². The Morgan fingerprint density at radius 1 is 1.02 bits per heavy atom. The second kappa shape index (κ2) is 11.5. The SMILES string of the molecule is C=C(C)c1c(-c2ccc(CC(C)C)c(F)c2)nn(C(C)c2cc3ccccc3c(=O)n2-c2ccccc2)c1N=CC. The van der Waals surface area contributed by atoms with Gasteiger partial charge in [0.1, 0.15) is 11.5 Å². The van der Waals surface area contributed by atoms with Crippen LogP contribution in [0.25, 0.3) is 33.3 Å². The van der Waals surface area contributed by atoms with Crippen molar-refractivity contribution >= 4 is 28.4 Å². The fraction of sp³-hybridized carbons (Fsp3) is 0.229. The molecule has 208 valence electrons. The van der Waals surface area contributed by atoms with E-state index in [1.165, 1.54) is 0 Å². The van der Waals surface area contributed by atoms with Gasteiger partial charge in [-0.15, -0.1) is 0 Å². The predicted molar refractivity (Wildman–Crippen MR) is 168 cm³/mol. The van der Waals surface area contributed by atoms with Gasteiger partial charge in [0.15, 0.2) is 5.82 Å². The summed E-state index contributed by atoms with van der Waals surface area (Å²) in [6.45, 7) is 14.1.